The lowest BCUT2D eigenvalue weighted by Crippen LogP contribution is -2.56. The molecule has 3 amide bonds. The topological polar surface area (TPSA) is 150 Å². The van der Waals surface area contributed by atoms with E-state index in [4.69, 9.17) is 9.47 Å². The third kappa shape index (κ3) is 8.40. The highest BCUT2D eigenvalue weighted by Crippen LogP contribution is 2.27. The van der Waals surface area contributed by atoms with E-state index in [0.29, 0.717) is 12.0 Å². The lowest BCUT2D eigenvalue weighted by Gasteiger charge is -2.33. The van der Waals surface area contributed by atoms with Crippen LogP contribution in [0.25, 0.3) is 10.9 Å². The Kier molecular flexibility index (Phi) is 11.5. The van der Waals surface area contributed by atoms with Gasteiger partial charge in [-0.15, -0.1) is 0 Å². The second-order valence-corrected chi connectivity index (χ2v) is 12.6. The van der Waals surface area contributed by atoms with E-state index in [9.17, 15) is 24.3 Å². The zero-order chi connectivity index (χ0) is 34.4. The number of likely N-dealkylation sites (N-methyl/N-ethyl adjacent to an activating group) is 1. The fourth-order valence-corrected chi connectivity index (χ4v) is 6.01. The Labute approximate surface area is 275 Å². The summed E-state index contributed by atoms with van der Waals surface area (Å²) < 4.78 is 11.6. The molecule has 0 aliphatic carbocycles. The number of fused-ring (bicyclic) bond motifs is 1. The van der Waals surface area contributed by atoms with Crippen LogP contribution >= 0.6 is 0 Å². The summed E-state index contributed by atoms with van der Waals surface area (Å²) >= 11 is 0. The summed E-state index contributed by atoms with van der Waals surface area (Å²) in [6.45, 7) is 9.00. The number of methoxy groups -OCH3 is 1. The first kappa shape index (κ1) is 35.2. The fraction of sp³-hybridized carbons (Fsp3) is 0.444. The lowest BCUT2D eigenvalue weighted by molar-refractivity contribution is -0.164. The van der Waals surface area contributed by atoms with Gasteiger partial charge in [-0.1, -0.05) is 55.8 Å². The number of amides is 3. The van der Waals surface area contributed by atoms with E-state index in [2.05, 4.69) is 15.6 Å². The van der Waals surface area contributed by atoms with Gasteiger partial charge in [0.2, 0.25) is 17.7 Å². The molecule has 1 aromatic heterocycles. The summed E-state index contributed by atoms with van der Waals surface area (Å²) in [5, 5.41) is 16.7. The van der Waals surface area contributed by atoms with Crippen LogP contribution in [0.5, 0.6) is 5.75 Å². The molecule has 7 atom stereocenters. The van der Waals surface area contributed by atoms with Gasteiger partial charge in [0.1, 0.15) is 23.9 Å². The summed E-state index contributed by atoms with van der Waals surface area (Å²) in [6, 6.07) is 10.7. The molecule has 4 rings (SSSR count). The molecule has 2 heterocycles. The quantitative estimate of drug-likeness (QED) is 0.246. The number of hydrogen-bond donors (Lipinski definition) is 4. The van der Waals surface area contributed by atoms with E-state index in [1.165, 1.54) is 31.2 Å². The normalized spacial score (nSPS) is 28.4. The van der Waals surface area contributed by atoms with Gasteiger partial charge in [0, 0.05) is 49.5 Å². The summed E-state index contributed by atoms with van der Waals surface area (Å²) in [6.07, 6.45) is 2.55. The Bertz CT molecular complexity index is 1610. The number of phenolic OH excluding ortho intramolecular Hbond substituents is 1. The van der Waals surface area contributed by atoms with Crippen LogP contribution in [0.2, 0.25) is 0 Å². The highest BCUT2D eigenvalue weighted by Gasteiger charge is 2.38. The number of aromatic nitrogens is 1. The van der Waals surface area contributed by atoms with Crippen molar-refractivity contribution in [1.29, 1.82) is 0 Å². The minimum atomic E-state index is -1.25. The second-order valence-electron chi connectivity index (χ2n) is 12.6. The van der Waals surface area contributed by atoms with Crippen molar-refractivity contribution >= 4 is 34.6 Å². The van der Waals surface area contributed by atoms with E-state index >= 15 is 0 Å². The number of cyclic esters (lactones) is 1. The predicted octanol–water partition coefficient (Wildman–Crippen LogP) is 4.17. The fourth-order valence-electron chi connectivity index (χ4n) is 6.01. The highest BCUT2D eigenvalue weighted by atomic mass is 16.6. The maximum Gasteiger partial charge on any atom is 0.338 e. The first-order chi connectivity index (χ1) is 22.3. The van der Waals surface area contributed by atoms with Crippen molar-refractivity contribution in [3.63, 3.8) is 0 Å². The van der Waals surface area contributed by atoms with Crippen LogP contribution in [0.15, 0.2) is 66.4 Å². The van der Waals surface area contributed by atoms with Crippen molar-refractivity contribution in [2.24, 2.45) is 11.8 Å². The molecule has 11 heteroatoms. The molecule has 1 aliphatic heterocycles. The molecule has 0 spiro atoms. The molecule has 0 bridgehead atoms. The van der Waals surface area contributed by atoms with E-state index in [1.54, 1.807) is 39.1 Å². The number of carbonyl (C=O) groups is 4. The number of nitrogens with one attached hydrogen (secondary N) is 3. The van der Waals surface area contributed by atoms with Crippen LogP contribution in [0, 0.1) is 11.8 Å². The number of benzene rings is 2. The van der Waals surface area contributed by atoms with Crippen LogP contribution in [-0.2, 0) is 35.1 Å². The summed E-state index contributed by atoms with van der Waals surface area (Å²) in [5.74, 6) is -2.58. The Morgan fingerprint density at radius 1 is 0.957 bits per heavy atom. The molecule has 0 saturated heterocycles. The van der Waals surface area contributed by atoms with Crippen molar-refractivity contribution in [3.05, 3.63) is 77.5 Å². The highest BCUT2D eigenvalue weighted by molar-refractivity contribution is 5.93. The third-order valence-corrected chi connectivity index (χ3v) is 8.94. The van der Waals surface area contributed by atoms with Crippen LogP contribution in [0.3, 0.4) is 0 Å². The standard InChI is InChI=1S/C36H46N4O7/c1-20-16-21(2)24(5)47-36(45)32(46-7)31(25-12-14-27(41)15-13-25)39-34(43)30(18-26-19-37-29-11-9-8-10-28(26)29)40(6)35(44)23(4)38-33(42)22(3)17-20/h8-16,19,21-24,30-32,37,41H,17-18H2,1-7H3,(H,38,42)(H,39,43)/b20-16+/t21-,22+,23+,24-,30-,31+,32-/m1/s1. The molecular weight excluding hydrogens is 600 g/mol. The van der Waals surface area contributed by atoms with Gasteiger partial charge in [-0.25, -0.2) is 4.79 Å². The Morgan fingerprint density at radius 2 is 1.64 bits per heavy atom. The maximum absolute atomic E-state index is 14.4. The Morgan fingerprint density at radius 3 is 2.32 bits per heavy atom. The van der Waals surface area contributed by atoms with Crippen LogP contribution < -0.4 is 10.6 Å². The number of rotatable bonds is 4. The average molecular weight is 647 g/mol. The molecule has 47 heavy (non-hydrogen) atoms. The number of hydrogen-bond acceptors (Lipinski definition) is 7. The first-order valence-corrected chi connectivity index (χ1v) is 15.9. The van der Waals surface area contributed by atoms with Gasteiger partial charge in [-0.2, -0.15) is 0 Å². The molecule has 11 nitrogen and oxygen atoms in total. The summed E-state index contributed by atoms with van der Waals surface area (Å²) in [5.41, 5.74) is 3.11. The minimum absolute atomic E-state index is 0.00862. The van der Waals surface area contributed by atoms with E-state index in [1.807, 2.05) is 44.2 Å². The largest absolute Gasteiger partial charge is 0.508 e. The van der Waals surface area contributed by atoms with Crippen LogP contribution in [0.4, 0.5) is 0 Å². The monoisotopic (exact) mass is 646 g/mol. The lowest BCUT2D eigenvalue weighted by atomic mass is 9.95. The van der Waals surface area contributed by atoms with Gasteiger partial charge in [0.25, 0.3) is 0 Å². The number of phenols is 1. The molecule has 0 radical (unpaired) electrons. The van der Waals surface area contributed by atoms with Crippen molar-refractivity contribution < 1.29 is 33.8 Å². The molecule has 4 N–H and O–H groups in total. The number of para-hydroxylation sites is 1. The van der Waals surface area contributed by atoms with Crippen molar-refractivity contribution in [3.8, 4) is 5.75 Å². The molecule has 0 unspecified atom stereocenters. The van der Waals surface area contributed by atoms with Crippen LogP contribution in [0.1, 0.15) is 58.2 Å². The Balaban J connectivity index is 1.80. The number of nitrogens with zero attached hydrogens (tertiary/aromatic N) is 1. The number of allylic oxidation sites excluding steroid dienone is 1. The number of aromatic hydroxyl groups is 1. The van der Waals surface area contributed by atoms with E-state index in [-0.39, 0.29) is 24.0 Å². The number of aromatic amines is 1. The van der Waals surface area contributed by atoms with Gasteiger partial charge >= 0.3 is 5.97 Å². The molecule has 0 fully saturated rings. The smallest absolute Gasteiger partial charge is 0.338 e. The maximum atomic E-state index is 14.4. The van der Waals surface area contributed by atoms with Crippen molar-refractivity contribution in [2.75, 3.05) is 14.2 Å². The van der Waals surface area contributed by atoms with Crippen LogP contribution in [-0.4, -0.2) is 77.1 Å². The van der Waals surface area contributed by atoms with Gasteiger partial charge in [0.15, 0.2) is 6.10 Å². The van der Waals surface area contributed by atoms with E-state index in [0.717, 1.165) is 22.0 Å². The van der Waals surface area contributed by atoms with E-state index < -0.39 is 54.0 Å². The molecule has 3 aromatic rings. The zero-order valence-corrected chi connectivity index (χ0v) is 28.1. The average Bonchev–Trinajstić information content (AvgIpc) is 3.45. The number of H-pyrrole nitrogens is 1. The third-order valence-electron chi connectivity index (χ3n) is 8.94. The number of ether oxygens (including phenoxy) is 2. The number of esters is 1. The van der Waals surface area contributed by atoms with Crippen molar-refractivity contribution in [2.45, 2.75) is 77.8 Å². The molecule has 2 aromatic carbocycles. The zero-order valence-electron chi connectivity index (χ0n) is 28.1. The van der Waals surface area contributed by atoms with Gasteiger partial charge in [0.05, 0.1) is 6.04 Å². The van der Waals surface area contributed by atoms with Gasteiger partial charge in [-0.05, 0) is 56.5 Å². The molecule has 0 saturated carbocycles. The summed E-state index contributed by atoms with van der Waals surface area (Å²) in [4.78, 5) is 59.6. The van der Waals surface area contributed by atoms with Gasteiger partial charge < -0.3 is 35.1 Å². The van der Waals surface area contributed by atoms with Gasteiger partial charge in [-0.3, -0.25) is 14.4 Å². The second kappa shape index (κ2) is 15.3. The SMILES string of the molecule is CO[C@H]1C(=O)O[C@H](C)[C@H](C)/C=C(\C)C[C@H](C)C(=O)N[C@@H](C)C(=O)N(C)[C@H](Cc2c[nH]c3ccccc23)C(=O)N[C@H]1c1ccc(O)cc1. The minimum Gasteiger partial charge on any atom is -0.508 e. The summed E-state index contributed by atoms with van der Waals surface area (Å²) in [7, 11) is 2.89. The first-order valence-electron chi connectivity index (χ1n) is 15.9. The molecular formula is C36H46N4O7. The predicted molar refractivity (Wildman–Crippen MR) is 178 cm³/mol. The molecule has 252 valence electrons. The number of carbonyl (C=O) groups excluding carboxylic acids is 4. The Hall–Kier alpha value is -4.64. The molecule has 1 aliphatic rings. The van der Waals surface area contributed by atoms with Crippen molar-refractivity contribution in [1.82, 2.24) is 20.5 Å².